The van der Waals surface area contributed by atoms with Crippen LogP contribution >= 0.6 is 11.6 Å². The first-order valence-corrected chi connectivity index (χ1v) is 7.22. The highest BCUT2D eigenvalue weighted by Gasteiger charge is 2.05. The third kappa shape index (κ3) is 5.89. The molecule has 5 nitrogen and oxygen atoms in total. The lowest BCUT2D eigenvalue weighted by atomic mass is 10.2. The Labute approximate surface area is 139 Å². The van der Waals surface area contributed by atoms with Gasteiger partial charge in [0.05, 0.1) is 11.6 Å². The number of rotatable bonds is 7. The zero-order valence-corrected chi connectivity index (χ0v) is 13.0. The number of nitriles is 1. The molecular formula is C17H14ClNO4. The van der Waals surface area contributed by atoms with Gasteiger partial charge in [0.25, 0.3) is 0 Å². The van der Waals surface area contributed by atoms with E-state index in [2.05, 4.69) is 0 Å². The molecule has 2 aromatic rings. The second-order valence-corrected chi connectivity index (χ2v) is 4.89. The third-order valence-corrected chi connectivity index (χ3v) is 2.99. The van der Waals surface area contributed by atoms with Crippen LogP contribution in [0.25, 0.3) is 0 Å². The Balaban J connectivity index is 1.64. The summed E-state index contributed by atoms with van der Waals surface area (Å²) in [4.78, 5) is 11.5. The van der Waals surface area contributed by atoms with Gasteiger partial charge in [0.15, 0.2) is 6.61 Å². The van der Waals surface area contributed by atoms with Crippen molar-refractivity contribution in [3.05, 3.63) is 59.1 Å². The van der Waals surface area contributed by atoms with Crippen LogP contribution in [0.15, 0.2) is 48.5 Å². The summed E-state index contributed by atoms with van der Waals surface area (Å²) in [5.74, 6) is 0.613. The molecule has 0 N–H and O–H groups in total. The predicted octanol–water partition coefficient (Wildman–Crippen LogP) is 3.21. The molecule has 0 fully saturated rings. The number of benzene rings is 2. The number of carbonyl (C=O) groups is 1. The van der Waals surface area contributed by atoms with Gasteiger partial charge in [-0.15, -0.1) is 0 Å². The molecule has 0 radical (unpaired) electrons. The maximum Gasteiger partial charge on any atom is 0.344 e. The number of carbonyl (C=O) groups excluding carboxylic acids is 1. The summed E-state index contributed by atoms with van der Waals surface area (Å²) in [6.07, 6.45) is 0. The van der Waals surface area contributed by atoms with Gasteiger partial charge in [-0.2, -0.15) is 5.26 Å². The van der Waals surface area contributed by atoms with Crippen molar-refractivity contribution in [2.24, 2.45) is 0 Å². The van der Waals surface area contributed by atoms with Crippen molar-refractivity contribution in [1.29, 1.82) is 5.26 Å². The van der Waals surface area contributed by atoms with Crippen LogP contribution in [-0.2, 0) is 9.53 Å². The molecule has 118 valence electrons. The molecule has 0 unspecified atom stereocenters. The first-order valence-electron chi connectivity index (χ1n) is 6.84. The highest BCUT2D eigenvalue weighted by atomic mass is 35.5. The number of hydrogen-bond donors (Lipinski definition) is 0. The standard InChI is InChI=1S/C17H14ClNO4/c18-14-2-1-3-16(10-14)21-8-9-22-17(20)12-23-15-6-4-13(11-19)5-7-15/h1-7,10H,8-9,12H2. The van der Waals surface area contributed by atoms with E-state index in [-0.39, 0.29) is 19.8 Å². The van der Waals surface area contributed by atoms with Crippen molar-refractivity contribution in [2.75, 3.05) is 19.8 Å². The normalized spacial score (nSPS) is 9.74. The first-order chi connectivity index (χ1) is 11.2. The van der Waals surface area contributed by atoms with Crippen molar-refractivity contribution in [2.45, 2.75) is 0 Å². The second kappa shape index (κ2) is 8.66. The Kier molecular flexibility index (Phi) is 6.28. The Morgan fingerprint density at radius 2 is 1.83 bits per heavy atom. The maximum atomic E-state index is 11.5. The molecule has 0 bridgehead atoms. The van der Waals surface area contributed by atoms with Gasteiger partial charge < -0.3 is 14.2 Å². The van der Waals surface area contributed by atoms with E-state index in [0.717, 1.165) is 0 Å². The molecule has 0 aromatic heterocycles. The van der Waals surface area contributed by atoms with E-state index in [1.54, 1.807) is 48.5 Å². The molecule has 2 rings (SSSR count). The van der Waals surface area contributed by atoms with E-state index in [9.17, 15) is 4.79 Å². The lowest BCUT2D eigenvalue weighted by Gasteiger charge is -2.08. The number of hydrogen-bond acceptors (Lipinski definition) is 5. The molecule has 0 saturated carbocycles. The molecule has 0 amide bonds. The lowest BCUT2D eigenvalue weighted by Crippen LogP contribution is -2.18. The topological polar surface area (TPSA) is 68.5 Å². The Morgan fingerprint density at radius 1 is 1.04 bits per heavy atom. The molecule has 0 saturated heterocycles. The number of esters is 1. The number of ether oxygens (including phenoxy) is 3. The van der Waals surface area contributed by atoms with Crippen LogP contribution in [0.4, 0.5) is 0 Å². The molecule has 0 atom stereocenters. The minimum atomic E-state index is -0.496. The third-order valence-electron chi connectivity index (χ3n) is 2.75. The summed E-state index contributed by atoms with van der Waals surface area (Å²) in [7, 11) is 0. The van der Waals surface area contributed by atoms with Crippen LogP contribution in [0, 0.1) is 11.3 Å². The molecule has 0 heterocycles. The number of halogens is 1. The van der Waals surface area contributed by atoms with E-state index in [0.29, 0.717) is 22.1 Å². The first kappa shape index (κ1) is 16.7. The minimum absolute atomic E-state index is 0.113. The fraction of sp³-hybridized carbons (Fsp3) is 0.176. The summed E-state index contributed by atoms with van der Waals surface area (Å²) in [6, 6.07) is 15.4. The predicted molar refractivity (Wildman–Crippen MR) is 84.6 cm³/mol. The van der Waals surface area contributed by atoms with E-state index in [1.165, 1.54) is 0 Å². The number of nitrogens with zero attached hydrogens (tertiary/aromatic N) is 1. The SMILES string of the molecule is N#Cc1ccc(OCC(=O)OCCOc2cccc(Cl)c2)cc1. The van der Waals surface area contributed by atoms with Gasteiger partial charge in [0.1, 0.15) is 24.7 Å². The van der Waals surface area contributed by atoms with Gasteiger partial charge in [-0.1, -0.05) is 17.7 Å². The molecule has 23 heavy (non-hydrogen) atoms. The van der Waals surface area contributed by atoms with Crippen molar-refractivity contribution >= 4 is 17.6 Å². The average molecular weight is 332 g/mol. The second-order valence-electron chi connectivity index (χ2n) is 4.45. The van der Waals surface area contributed by atoms with Crippen molar-refractivity contribution in [3.8, 4) is 17.6 Å². The van der Waals surface area contributed by atoms with Crippen LogP contribution in [0.1, 0.15) is 5.56 Å². The Bertz CT molecular complexity index is 694. The monoisotopic (exact) mass is 331 g/mol. The highest BCUT2D eigenvalue weighted by Crippen LogP contribution is 2.16. The zero-order chi connectivity index (χ0) is 16.5. The average Bonchev–Trinajstić information content (AvgIpc) is 2.57. The Hall–Kier alpha value is -2.71. The van der Waals surface area contributed by atoms with Crippen molar-refractivity contribution in [3.63, 3.8) is 0 Å². The van der Waals surface area contributed by atoms with Gasteiger partial charge in [0.2, 0.25) is 0 Å². The van der Waals surface area contributed by atoms with Crippen LogP contribution < -0.4 is 9.47 Å². The Morgan fingerprint density at radius 3 is 2.52 bits per heavy atom. The minimum Gasteiger partial charge on any atom is -0.490 e. The van der Waals surface area contributed by atoms with Gasteiger partial charge in [-0.05, 0) is 42.5 Å². The fourth-order valence-corrected chi connectivity index (χ4v) is 1.86. The molecule has 0 aliphatic heterocycles. The maximum absolute atomic E-state index is 11.5. The summed E-state index contributed by atoms with van der Waals surface area (Å²) in [5, 5.41) is 9.26. The lowest BCUT2D eigenvalue weighted by molar-refractivity contribution is -0.146. The van der Waals surface area contributed by atoms with Gasteiger partial charge in [-0.3, -0.25) is 0 Å². The summed E-state index contributed by atoms with van der Waals surface area (Å²) < 4.78 is 15.6. The van der Waals surface area contributed by atoms with Crippen LogP contribution in [0.2, 0.25) is 5.02 Å². The molecule has 0 spiro atoms. The smallest absolute Gasteiger partial charge is 0.344 e. The van der Waals surface area contributed by atoms with E-state index in [4.69, 9.17) is 31.1 Å². The largest absolute Gasteiger partial charge is 0.490 e. The molecule has 0 aliphatic rings. The molecular weight excluding hydrogens is 318 g/mol. The van der Waals surface area contributed by atoms with Crippen LogP contribution in [0.5, 0.6) is 11.5 Å². The van der Waals surface area contributed by atoms with Crippen LogP contribution in [0.3, 0.4) is 0 Å². The van der Waals surface area contributed by atoms with Crippen LogP contribution in [-0.4, -0.2) is 25.8 Å². The van der Waals surface area contributed by atoms with Crippen molar-refractivity contribution < 1.29 is 19.0 Å². The van der Waals surface area contributed by atoms with Gasteiger partial charge in [-0.25, -0.2) is 4.79 Å². The summed E-state index contributed by atoms with van der Waals surface area (Å²) >= 11 is 5.83. The molecule has 2 aromatic carbocycles. The quantitative estimate of drug-likeness (QED) is 0.575. The van der Waals surface area contributed by atoms with Crippen molar-refractivity contribution in [1.82, 2.24) is 0 Å². The summed E-state index contributed by atoms with van der Waals surface area (Å²) in [5.41, 5.74) is 0.526. The molecule has 6 heteroatoms. The van der Waals surface area contributed by atoms with Gasteiger partial charge in [0, 0.05) is 5.02 Å². The zero-order valence-electron chi connectivity index (χ0n) is 12.2. The van der Waals surface area contributed by atoms with Gasteiger partial charge >= 0.3 is 5.97 Å². The van der Waals surface area contributed by atoms with E-state index < -0.39 is 5.97 Å². The molecule has 0 aliphatic carbocycles. The highest BCUT2D eigenvalue weighted by molar-refractivity contribution is 6.30. The van der Waals surface area contributed by atoms with E-state index in [1.807, 2.05) is 6.07 Å². The fourth-order valence-electron chi connectivity index (χ4n) is 1.68. The van der Waals surface area contributed by atoms with E-state index >= 15 is 0 Å². The summed E-state index contributed by atoms with van der Waals surface area (Å²) in [6.45, 7) is 0.133.